The summed E-state index contributed by atoms with van der Waals surface area (Å²) in [5.41, 5.74) is 7.85. The molecule has 2 aliphatic rings. The molecule has 2 aromatic carbocycles. The Bertz CT molecular complexity index is 1010. The van der Waals surface area contributed by atoms with E-state index in [1.54, 1.807) is 0 Å². The van der Waals surface area contributed by atoms with Gasteiger partial charge in [-0.05, 0) is 50.6 Å². The lowest BCUT2D eigenvalue weighted by atomic mass is 9.81. The van der Waals surface area contributed by atoms with Gasteiger partial charge in [-0.3, -0.25) is 0 Å². The molecule has 4 rings (SSSR count). The zero-order chi connectivity index (χ0) is 19.7. The van der Waals surface area contributed by atoms with Gasteiger partial charge in [0.25, 0.3) is 0 Å². The fourth-order valence-corrected chi connectivity index (χ4v) is 4.46. The molecule has 0 aliphatic carbocycles. The molecule has 2 aromatic rings. The monoisotopic (exact) mass is 433 g/mol. The number of halogens is 1. The Morgan fingerprint density at radius 1 is 1.14 bits per heavy atom. The number of nitrogens with one attached hydrogen (secondary N) is 1. The molecule has 2 heterocycles. The Morgan fingerprint density at radius 2 is 1.89 bits per heavy atom. The second-order valence-corrected chi connectivity index (χ2v) is 8.72. The van der Waals surface area contributed by atoms with Gasteiger partial charge in [0.1, 0.15) is 6.54 Å². The number of benzene rings is 2. The maximum absolute atomic E-state index is 3.71. The summed E-state index contributed by atoms with van der Waals surface area (Å²) in [5, 5.41) is 3.49. The fourth-order valence-electron chi connectivity index (χ4n) is 4.20. The van der Waals surface area contributed by atoms with Crippen LogP contribution in [0.4, 0.5) is 11.4 Å². The van der Waals surface area contributed by atoms with Crippen molar-refractivity contribution in [3.8, 4) is 0 Å². The number of hydrogen-bond donors (Lipinski definition) is 1. The van der Waals surface area contributed by atoms with Crippen molar-refractivity contribution in [2.24, 2.45) is 0 Å². The highest BCUT2D eigenvalue weighted by atomic mass is 79.9. The van der Waals surface area contributed by atoms with E-state index in [0.29, 0.717) is 0 Å². The molecule has 2 nitrogen and oxygen atoms in total. The van der Waals surface area contributed by atoms with Crippen LogP contribution in [0.15, 0.2) is 83.0 Å². The van der Waals surface area contributed by atoms with Crippen molar-refractivity contribution in [2.75, 3.05) is 11.9 Å². The topological polar surface area (TPSA) is 15.0 Å². The Hall–Kier alpha value is -2.39. The third kappa shape index (κ3) is 3.40. The van der Waals surface area contributed by atoms with Gasteiger partial charge in [-0.15, -0.1) is 0 Å². The number of hydrogen-bond acceptors (Lipinski definition) is 1. The molecular weight excluding hydrogens is 408 g/mol. The van der Waals surface area contributed by atoms with Crippen LogP contribution in [0.3, 0.4) is 0 Å². The minimum atomic E-state index is 0.00347. The molecule has 0 fully saturated rings. The Labute approximate surface area is 176 Å². The summed E-state index contributed by atoms with van der Waals surface area (Å²) in [6.45, 7) is 7.79. The number of rotatable bonds is 4. The van der Waals surface area contributed by atoms with Crippen LogP contribution in [-0.2, 0) is 11.8 Å². The van der Waals surface area contributed by atoms with E-state index < -0.39 is 0 Å². The van der Waals surface area contributed by atoms with Gasteiger partial charge in [0.2, 0.25) is 5.69 Å². The zero-order valence-corrected chi connectivity index (χ0v) is 18.3. The molecule has 142 valence electrons. The highest BCUT2D eigenvalue weighted by Crippen LogP contribution is 2.39. The first kappa shape index (κ1) is 18.9. The molecule has 0 saturated carbocycles. The molecule has 3 heteroatoms. The lowest BCUT2D eigenvalue weighted by molar-refractivity contribution is -0.433. The predicted molar refractivity (Wildman–Crippen MR) is 123 cm³/mol. The lowest BCUT2D eigenvalue weighted by Gasteiger charge is -2.15. The molecular formula is C25H26BrN2+. The average Bonchev–Trinajstić information content (AvgIpc) is 3.21. The fraction of sp³-hybridized carbons (Fsp3) is 0.240. The minimum absolute atomic E-state index is 0.00347. The first-order chi connectivity index (χ1) is 13.5. The molecule has 1 N–H and O–H groups in total. The quantitative estimate of drug-likeness (QED) is 0.431. The average molecular weight is 434 g/mol. The van der Waals surface area contributed by atoms with E-state index in [1.165, 1.54) is 33.9 Å². The van der Waals surface area contributed by atoms with Crippen LogP contribution >= 0.6 is 15.9 Å². The van der Waals surface area contributed by atoms with E-state index in [1.807, 2.05) is 0 Å². The molecule has 0 bridgehead atoms. The first-order valence-corrected chi connectivity index (χ1v) is 10.6. The van der Waals surface area contributed by atoms with Gasteiger partial charge in [0.15, 0.2) is 5.71 Å². The van der Waals surface area contributed by atoms with E-state index in [9.17, 15) is 0 Å². The first-order valence-electron chi connectivity index (χ1n) is 9.84. The van der Waals surface area contributed by atoms with Gasteiger partial charge < -0.3 is 5.32 Å². The molecule has 0 unspecified atom stereocenters. The van der Waals surface area contributed by atoms with Gasteiger partial charge in [0.05, 0.1) is 5.41 Å². The highest BCUT2D eigenvalue weighted by Gasteiger charge is 2.43. The van der Waals surface area contributed by atoms with Crippen molar-refractivity contribution >= 4 is 33.0 Å². The summed E-state index contributed by atoms with van der Waals surface area (Å²) < 4.78 is 3.48. The Kier molecular flexibility index (Phi) is 5.11. The predicted octanol–water partition coefficient (Wildman–Crippen LogP) is 6.47. The normalized spacial score (nSPS) is 19.3. The van der Waals surface area contributed by atoms with E-state index in [-0.39, 0.29) is 5.41 Å². The van der Waals surface area contributed by atoms with Crippen LogP contribution < -0.4 is 5.32 Å². The Morgan fingerprint density at radius 3 is 2.68 bits per heavy atom. The molecule has 0 aromatic heterocycles. The van der Waals surface area contributed by atoms with Gasteiger partial charge >= 0.3 is 0 Å². The third-order valence-electron chi connectivity index (χ3n) is 5.65. The van der Waals surface area contributed by atoms with Gasteiger partial charge in [0, 0.05) is 40.0 Å². The Balaban J connectivity index is 1.56. The van der Waals surface area contributed by atoms with Crippen LogP contribution in [0.5, 0.6) is 0 Å². The standard InChI is InChI=1S/C25H25BrN2/c1-4-28-23-12-8-6-10-21(23)25(2,3)24(28)16-14-19(26)13-15-20-17-18-9-5-7-11-22(18)27-20/h5-16H,4,17H2,1-3H3/p+1. The van der Waals surface area contributed by atoms with Crippen molar-refractivity contribution in [1.29, 1.82) is 0 Å². The van der Waals surface area contributed by atoms with Gasteiger partial charge in [-0.25, -0.2) is 0 Å². The second-order valence-electron chi connectivity index (χ2n) is 7.81. The maximum Gasteiger partial charge on any atom is 0.209 e. The third-order valence-corrected chi connectivity index (χ3v) is 6.18. The summed E-state index contributed by atoms with van der Waals surface area (Å²) in [6, 6.07) is 17.2. The molecule has 0 amide bonds. The summed E-state index contributed by atoms with van der Waals surface area (Å²) in [4.78, 5) is 0. The summed E-state index contributed by atoms with van der Waals surface area (Å²) in [7, 11) is 0. The van der Waals surface area contributed by atoms with Crippen molar-refractivity contribution in [2.45, 2.75) is 32.6 Å². The van der Waals surface area contributed by atoms with Crippen LogP contribution in [0.2, 0.25) is 0 Å². The van der Waals surface area contributed by atoms with Crippen LogP contribution in [0.25, 0.3) is 0 Å². The highest BCUT2D eigenvalue weighted by molar-refractivity contribution is 9.11. The maximum atomic E-state index is 3.71. The summed E-state index contributed by atoms with van der Waals surface area (Å²) >= 11 is 3.71. The van der Waals surface area contributed by atoms with E-state index in [2.05, 4.69) is 119 Å². The molecule has 28 heavy (non-hydrogen) atoms. The number of nitrogens with zero attached hydrogens (tertiary/aromatic N) is 1. The van der Waals surface area contributed by atoms with Crippen molar-refractivity contribution in [3.63, 3.8) is 0 Å². The number of anilines is 1. The zero-order valence-electron chi connectivity index (χ0n) is 16.7. The largest absolute Gasteiger partial charge is 0.358 e. The van der Waals surface area contributed by atoms with Gasteiger partial charge in [-0.2, -0.15) is 4.58 Å². The second kappa shape index (κ2) is 7.56. The minimum Gasteiger partial charge on any atom is -0.358 e. The molecule has 2 aliphatic heterocycles. The molecule has 0 radical (unpaired) electrons. The van der Waals surface area contributed by atoms with E-state index in [4.69, 9.17) is 0 Å². The smallest absolute Gasteiger partial charge is 0.209 e. The SMILES string of the molecule is CC[N+]1=C(C=CC(Br)=CC=C2Cc3ccccc3N2)C(C)(C)c2ccccc21. The van der Waals surface area contributed by atoms with E-state index >= 15 is 0 Å². The van der Waals surface area contributed by atoms with Crippen molar-refractivity contribution < 1.29 is 4.58 Å². The molecule has 0 spiro atoms. The lowest BCUT2D eigenvalue weighted by Crippen LogP contribution is -2.27. The van der Waals surface area contributed by atoms with Crippen LogP contribution in [-0.4, -0.2) is 16.8 Å². The van der Waals surface area contributed by atoms with Crippen molar-refractivity contribution in [1.82, 2.24) is 0 Å². The molecule has 0 atom stereocenters. The van der Waals surface area contributed by atoms with Crippen molar-refractivity contribution in [3.05, 3.63) is 94.1 Å². The molecule has 0 saturated heterocycles. The van der Waals surface area contributed by atoms with Crippen LogP contribution in [0.1, 0.15) is 31.9 Å². The summed E-state index contributed by atoms with van der Waals surface area (Å²) in [6.07, 6.45) is 9.64. The number of fused-ring (bicyclic) bond motifs is 2. The summed E-state index contributed by atoms with van der Waals surface area (Å²) in [5.74, 6) is 0. The van der Waals surface area contributed by atoms with Crippen LogP contribution in [0, 0.1) is 0 Å². The van der Waals surface area contributed by atoms with Gasteiger partial charge in [-0.1, -0.05) is 52.3 Å². The van der Waals surface area contributed by atoms with E-state index in [0.717, 1.165) is 17.4 Å². The number of para-hydroxylation sites is 2. The number of allylic oxidation sites excluding steroid dienone is 6.